The number of rotatable bonds is 11. The van der Waals surface area contributed by atoms with Crippen LogP contribution in [0.5, 0.6) is 5.88 Å². The molecule has 260 valence electrons. The molecule has 0 amide bonds. The maximum atomic E-state index is 13.4. The standard InChI is InChI=1S/C27H25N6O12PS2.H3N.Na/c1-15-23(25(28)34)26(35)33(12-11-16-5-8-20(9-6-16)47(40,41)42)27(36)24(15)32-31-21-10-7-18(14-22(21)48(43,44)45)30-29-17-3-2-4-19(13-17)46(37,38)39;;/h2-10,13-14,35H,11-12H2,1H3,(H2,28,34)(H2,37,38,39)(H,40,41,42)(H,43,44,45);1H3;/q;;+1/p-1. The van der Waals surface area contributed by atoms with Crippen molar-refractivity contribution >= 4 is 61.8 Å². The molecule has 4 aromatic rings. The average Bonchev–Trinajstić information content (AvgIpc) is 2.99. The van der Waals surface area contributed by atoms with Gasteiger partial charge in [-0.3, -0.25) is 23.0 Å². The Hall–Kier alpha value is -3.99. The largest absolute Gasteiger partial charge is 1.00 e. The molecular weight excluding hydrogens is 732 g/mol. The summed E-state index contributed by atoms with van der Waals surface area (Å²) in [6.07, 6.45) is -0.00295. The van der Waals surface area contributed by atoms with Crippen molar-refractivity contribution in [1.82, 2.24) is 10.7 Å². The summed E-state index contributed by atoms with van der Waals surface area (Å²) in [6.45, 7) is 0.899. The fraction of sp³-hybridized carbons (Fsp3) is 0.111. The van der Waals surface area contributed by atoms with Gasteiger partial charge in [-0.05, 0) is 78.9 Å². The van der Waals surface area contributed by atoms with Crippen molar-refractivity contribution in [2.75, 3.05) is 0 Å². The quantitative estimate of drug-likeness (QED) is 0.0266. The minimum Gasteiger partial charge on any atom is -0.859 e. The van der Waals surface area contributed by atoms with E-state index in [9.17, 15) is 50.7 Å². The van der Waals surface area contributed by atoms with Gasteiger partial charge < -0.3 is 31.6 Å². The van der Waals surface area contributed by atoms with Gasteiger partial charge in [-0.25, -0.2) is 0 Å². The van der Waals surface area contributed by atoms with Gasteiger partial charge in [0, 0.05) is 6.54 Å². The van der Waals surface area contributed by atoms with Crippen LogP contribution in [-0.4, -0.2) is 51.3 Å². The van der Waals surface area contributed by atoms with E-state index in [-0.39, 0.29) is 75.8 Å². The van der Waals surface area contributed by atoms with E-state index in [1.165, 1.54) is 43.3 Å². The molecule has 0 spiro atoms. The molecule has 0 unspecified atom stereocenters. The third-order valence-corrected chi connectivity index (χ3v) is 9.36. The van der Waals surface area contributed by atoms with Crippen LogP contribution in [0, 0.1) is 12.3 Å². The molecule has 0 aliphatic rings. The van der Waals surface area contributed by atoms with Crippen molar-refractivity contribution in [1.29, 1.82) is 5.41 Å². The molecule has 9 N–H and O–H groups in total. The normalized spacial score (nSPS) is 12.1. The Morgan fingerprint density at radius 3 is 2.04 bits per heavy atom. The Bertz CT molecular complexity index is 2330. The zero-order valence-electron chi connectivity index (χ0n) is 26.1. The third kappa shape index (κ3) is 10.0. The second-order valence-corrected chi connectivity index (χ2v) is 14.3. The predicted octanol–water partition coefficient (Wildman–Crippen LogP) is 0.0839. The van der Waals surface area contributed by atoms with Gasteiger partial charge in [-0.15, -0.1) is 10.2 Å². The molecule has 0 fully saturated rings. The van der Waals surface area contributed by atoms with Crippen LogP contribution in [0.15, 0.2) is 102 Å². The van der Waals surface area contributed by atoms with E-state index in [0.29, 0.717) is 10.1 Å². The zero-order chi connectivity index (χ0) is 35.6. The Kier molecular flexibility index (Phi) is 13.8. The van der Waals surface area contributed by atoms with E-state index >= 15 is 0 Å². The molecule has 19 nitrogen and oxygen atoms in total. The topological polar surface area (TPSA) is 340 Å². The van der Waals surface area contributed by atoms with Crippen molar-refractivity contribution in [3.8, 4) is 5.88 Å². The summed E-state index contributed by atoms with van der Waals surface area (Å²) in [7, 11) is -14.0. The number of aryl methyl sites for hydroxylation is 1. The van der Waals surface area contributed by atoms with Crippen LogP contribution < -0.4 is 51.7 Å². The summed E-state index contributed by atoms with van der Waals surface area (Å²) in [6, 6.07) is 13.0. The van der Waals surface area contributed by atoms with Crippen LogP contribution in [0.25, 0.3) is 0 Å². The Morgan fingerprint density at radius 1 is 0.900 bits per heavy atom. The van der Waals surface area contributed by atoms with Crippen molar-refractivity contribution in [3.05, 3.63) is 93.8 Å². The van der Waals surface area contributed by atoms with Gasteiger partial charge in [0.2, 0.25) is 5.88 Å². The van der Waals surface area contributed by atoms with Crippen LogP contribution in [-0.2, 0) is 37.8 Å². The summed E-state index contributed by atoms with van der Waals surface area (Å²) >= 11 is 0. The van der Waals surface area contributed by atoms with Crippen LogP contribution in [0.3, 0.4) is 0 Å². The van der Waals surface area contributed by atoms with Crippen molar-refractivity contribution in [2.24, 2.45) is 20.5 Å². The minimum absolute atomic E-state index is 0. The van der Waals surface area contributed by atoms with Crippen LogP contribution in [0.1, 0.15) is 16.7 Å². The molecule has 0 aliphatic carbocycles. The average molecular weight is 760 g/mol. The first kappa shape index (κ1) is 42.2. The van der Waals surface area contributed by atoms with Crippen molar-refractivity contribution in [3.63, 3.8) is 0 Å². The molecule has 0 atom stereocenters. The first-order valence-corrected chi connectivity index (χ1v) is 17.7. The predicted molar refractivity (Wildman–Crippen MR) is 172 cm³/mol. The summed E-state index contributed by atoms with van der Waals surface area (Å²) in [4.78, 5) is 30.9. The monoisotopic (exact) mass is 759 g/mol. The van der Waals surface area contributed by atoms with E-state index in [4.69, 9.17) is 9.96 Å². The molecule has 23 heteroatoms. The summed E-state index contributed by atoms with van der Waals surface area (Å²) < 4.78 is 78.2. The Labute approximate surface area is 306 Å². The smallest absolute Gasteiger partial charge is 0.859 e. The summed E-state index contributed by atoms with van der Waals surface area (Å²) in [5.74, 6) is -2.24. The molecule has 50 heavy (non-hydrogen) atoms. The molecule has 0 aliphatic heterocycles. The molecule has 0 bridgehead atoms. The molecule has 3 aromatic carbocycles. The fourth-order valence-corrected chi connectivity index (χ4v) is 5.99. The van der Waals surface area contributed by atoms with E-state index in [1.54, 1.807) is 0 Å². The van der Waals surface area contributed by atoms with Gasteiger partial charge in [-0.2, -0.15) is 27.1 Å². The van der Waals surface area contributed by atoms with Gasteiger partial charge in [0.1, 0.15) is 10.6 Å². The first-order chi connectivity index (χ1) is 22.3. The fourth-order valence-electron chi connectivity index (χ4n) is 4.28. The minimum atomic E-state index is -5.00. The van der Waals surface area contributed by atoms with Crippen molar-refractivity contribution in [2.45, 2.75) is 29.7 Å². The molecule has 0 saturated heterocycles. The molecule has 0 radical (unpaired) electrons. The second kappa shape index (κ2) is 16.4. The molecule has 0 saturated carbocycles. The van der Waals surface area contributed by atoms with E-state index in [2.05, 4.69) is 20.5 Å². The van der Waals surface area contributed by atoms with Gasteiger partial charge >= 0.3 is 37.2 Å². The van der Waals surface area contributed by atoms with Crippen LogP contribution >= 0.6 is 7.60 Å². The summed E-state index contributed by atoms with van der Waals surface area (Å²) in [5.41, 5.74) is -2.56. The number of azo groups is 2. The van der Waals surface area contributed by atoms with E-state index < -0.39 is 67.0 Å². The van der Waals surface area contributed by atoms with Gasteiger partial charge in [0.15, 0.2) is 5.69 Å². The number of nitrogens with one attached hydrogen (secondary N) is 1. The van der Waals surface area contributed by atoms with Gasteiger partial charge in [0.25, 0.3) is 25.8 Å². The molecule has 1 heterocycles. The SMILES string of the molecule is Cc1c(C(=N)[O-])c(O)n(CCc2ccc(S(=O)(=O)O)cc2)c(=O)c1N=Nc1ccc(N=Nc2cccc(P(=O)(O)O)c2)cc1S(=O)(=O)O.N.[Na+]. The third-order valence-electron chi connectivity index (χ3n) is 6.66. The number of aromatic nitrogens is 1. The second-order valence-electron chi connectivity index (χ2n) is 9.92. The number of hydrogen-bond donors (Lipinski definition) is 7. The number of hydrogen-bond acceptors (Lipinski definition) is 14. The van der Waals surface area contributed by atoms with Crippen LogP contribution in [0.2, 0.25) is 0 Å². The molecule has 1 aromatic heterocycles. The number of pyridine rings is 1. The number of benzene rings is 3. The number of nitrogens with zero attached hydrogens (tertiary/aromatic N) is 5. The van der Waals surface area contributed by atoms with Crippen molar-refractivity contribution < 1.29 is 80.1 Å². The van der Waals surface area contributed by atoms with E-state index in [0.717, 1.165) is 30.3 Å². The summed E-state index contributed by atoms with van der Waals surface area (Å²) in [5, 5.41) is 45.2. The maximum absolute atomic E-state index is 13.4. The molecular formula is C27H27N7NaO12PS2. The first-order valence-electron chi connectivity index (χ1n) is 13.2. The number of aromatic hydroxyl groups is 1. The Morgan fingerprint density at radius 2 is 1.50 bits per heavy atom. The van der Waals surface area contributed by atoms with E-state index in [1.807, 2.05) is 0 Å². The van der Waals surface area contributed by atoms with Crippen LogP contribution in [0.4, 0.5) is 22.7 Å². The van der Waals surface area contributed by atoms with Gasteiger partial charge in [0.05, 0.1) is 27.1 Å². The Balaban J connectivity index is 0.00000433. The van der Waals surface area contributed by atoms with Gasteiger partial charge in [-0.1, -0.05) is 18.2 Å². The molecule has 4 rings (SSSR count). The maximum Gasteiger partial charge on any atom is 1.00 e. The zero-order valence-corrected chi connectivity index (χ0v) is 30.6.